The fraction of sp³-hybridized carbons (Fsp3) is 0.413. The molecular formula is C46H49N3O6S. The van der Waals surface area contributed by atoms with E-state index in [1.807, 2.05) is 25.6 Å². The van der Waals surface area contributed by atoms with Gasteiger partial charge in [-0.05, 0) is 74.0 Å². The molecule has 0 amide bonds. The number of hydrogen-bond donors (Lipinski definition) is 1. The third kappa shape index (κ3) is 5.69. The number of hydrogen-bond acceptors (Lipinski definition) is 10. The molecule has 4 aromatic carbocycles. The minimum absolute atomic E-state index is 0.0626. The van der Waals surface area contributed by atoms with Gasteiger partial charge in [0, 0.05) is 51.8 Å². The number of nitriles is 1. The molecule has 2 bridgehead atoms. The van der Waals surface area contributed by atoms with Gasteiger partial charge in [0.15, 0.2) is 23.0 Å². The van der Waals surface area contributed by atoms with Crippen LogP contribution in [0.5, 0.6) is 28.7 Å². The molecule has 1 N–H and O–H groups in total. The maximum atomic E-state index is 11.9. The summed E-state index contributed by atoms with van der Waals surface area (Å²) in [6.07, 6.45) is 2.89. The Kier molecular flexibility index (Phi) is 9.69. The van der Waals surface area contributed by atoms with Crippen LogP contribution in [0.2, 0.25) is 0 Å². The molecule has 10 heteroatoms. The molecule has 9 rings (SSSR count). The Bertz CT molecular complexity index is 2210. The van der Waals surface area contributed by atoms with Gasteiger partial charge in [0.2, 0.25) is 6.79 Å². The number of likely N-dealkylation sites (N-methyl/N-ethyl adjacent to an activating group) is 1. The summed E-state index contributed by atoms with van der Waals surface area (Å²) >= 11 is 1.92. The largest absolute Gasteiger partial charge is 0.504 e. The van der Waals surface area contributed by atoms with Gasteiger partial charge in [0.1, 0.15) is 18.4 Å². The number of rotatable bonds is 11. The zero-order valence-corrected chi connectivity index (χ0v) is 33.5. The summed E-state index contributed by atoms with van der Waals surface area (Å²) in [5.74, 6) is 4.93. The van der Waals surface area contributed by atoms with Crippen LogP contribution in [0.25, 0.3) is 11.1 Å². The van der Waals surface area contributed by atoms with E-state index in [1.54, 1.807) is 13.2 Å². The van der Waals surface area contributed by atoms with Crippen molar-refractivity contribution in [1.82, 2.24) is 9.80 Å². The van der Waals surface area contributed by atoms with Crippen molar-refractivity contribution in [3.63, 3.8) is 0 Å². The number of aryl methyl sites for hydroxylation is 1. The average molecular weight is 772 g/mol. The van der Waals surface area contributed by atoms with Gasteiger partial charge in [-0.15, -0.1) is 0 Å². The molecule has 4 aliphatic heterocycles. The normalized spacial score (nSPS) is 23.6. The fourth-order valence-electron chi connectivity index (χ4n) is 10.4. The van der Waals surface area contributed by atoms with Gasteiger partial charge >= 0.3 is 0 Å². The van der Waals surface area contributed by atoms with Gasteiger partial charge < -0.3 is 28.8 Å². The van der Waals surface area contributed by atoms with Gasteiger partial charge in [0.05, 0.1) is 38.0 Å². The highest BCUT2D eigenvalue weighted by atomic mass is 32.2. The predicted molar refractivity (Wildman–Crippen MR) is 218 cm³/mol. The molecule has 0 saturated carbocycles. The number of piperazine rings is 1. The van der Waals surface area contributed by atoms with Crippen LogP contribution < -0.4 is 18.9 Å². The molecule has 0 radical (unpaired) electrons. The van der Waals surface area contributed by atoms with E-state index in [-0.39, 0.29) is 42.8 Å². The second kappa shape index (κ2) is 14.7. The molecule has 56 heavy (non-hydrogen) atoms. The van der Waals surface area contributed by atoms with E-state index in [0.29, 0.717) is 49.2 Å². The van der Waals surface area contributed by atoms with Crippen LogP contribution in [0.4, 0.5) is 0 Å². The van der Waals surface area contributed by atoms with E-state index in [9.17, 15) is 10.4 Å². The van der Waals surface area contributed by atoms with Crippen LogP contribution in [0.15, 0.2) is 67.3 Å². The number of nitrogens with zero attached hydrogens (tertiary/aromatic N) is 3. The first-order valence-corrected chi connectivity index (χ1v) is 20.8. The summed E-state index contributed by atoms with van der Waals surface area (Å²) < 4.78 is 31.5. The minimum Gasteiger partial charge on any atom is -0.504 e. The molecule has 2 unspecified atom stereocenters. The second-order valence-corrected chi connectivity index (χ2v) is 16.8. The number of thioether (sulfide) groups is 1. The average Bonchev–Trinajstić information content (AvgIpc) is 3.81. The standard InChI is InChI=1S/C46H49N3O6S/c1-7-16-52-44-27(4)45-46(55-24-54-45)40-33(44)19-36-41-39-28(17-25(2)43(51-6)42(39)50)18-35(48(41)5)37(20-47)49(36)38(40)21-53-26(3)22-56-23-34-31-14-10-8-12-29(31)30-13-9-11-15-32(30)34/h7-15,17,26,34-38,41,50H,1,16,18-19,21-24H2,2-6H3/t26?,35-,36?,37-,38-,41-/m0/s1. The Morgan fingerprint density at radius 2 is 1.73 bits per heavy atom. The maximum absolute atomic E-state index is 11.9. The first-order valence-electron chi connectivity index (χ1n) is 19.6. The molecule has 4 aromatic rings. The number of fused-ring (bicyclic) bond motifs is 12. The lowest BCUT2D eigenvalue weighted by Gasteiger charge is -2.60. The SMILES string of the molecule is C=CCOc1c(C)c2c(c3c1CC1[C@H]4c5c(cc(C)c(OC)c5O)C[C@@H]([C@H](C#N)N1[C@H]3COC(C)CSCC1c3ccccc3-c3ccccc31)N4C)OCO2. The van der Waals surface area contributed by atoms with Crippen molar-refractivity contribution in [2.75, 3.05) is 45.7 Å². The van der Waals surface area contributed by atoms with Gasteiger partial charge in [-0.2, -0.15) is 17.0 Å². The molecule has 4 heterocycles. The van der Waals surface area contributed by atoms with E-state index < -0.39 is 6.04 Å². The van der Waals surface area contributed by atoms with E-state index in [2.05, 4.69) is 91.0 Å². The third-order valence-electron chi connectivity index (χ3n) is 12.7. The quantitative estimate of drug-likeness (QED) is 0.151. The maximum Gasteiger partial charge on any atom is 0.231 e. The Morgan fingerprint density at radius 3 is 2.43 bits per heavy atom. The first-order chi connectivity index (χ1) is 27.3. The number of benzene rings is 4. The van der Waals surface area contributed by atoms with E-state index in [1.165, 1.54) is 22.3 Å². The van der Waals surface area contributed by atoms with Gasteiger partial charge in [-0.25, -0.2) is 0 Å². The van der Waals surface area contributed by atoms with Crippen molar-refractivity contribution in [1.29, 1.82) is 5.26 Å². The third-order valence-corrected chi connectivity index (χ3v) is 14.0. The molecule has 1 fully saturated rings. The fourth-order valence-corrected chi connectivity index (χ4v) is 11.6. The molecule has 290 valence electrons. The number of phenols is 1. The van der Waals surface area contributed by atoms with Crippen LogP contribution in [-0.2, 0) is 17.6 Å². The van der Waals surface area contributed by atoms with Crippen LogP contribution >= 0.6 is 11.8 Å². The molecule has 1 saturated heterocycles. The second-order valence-electron chi connectivity index (χ2n) is 15.8. The summed E-state index contributed by atoms with van der Waals surface area (Å²) in [7, 11) is 3.69. The van der Waals surface area contributed by atoms with Crippen LogP contribution in [0.3, 0.4) is 0 Å². The Hall–Kier alpha value is -4.66. The number of methoxy groups -OCH3 is 1. The zero-order chi connectivity index (χ0) is 38.8. The Balaban J connectivity index is 1.07. The molecule has 0 aromatic heterocycles. The highest BCUT2D eigenvalue weighted by molar-refractivity contribution is 7.99. The van der Waals surface area contributed by atoms with E-state index in [0.717, 1.165) is 50.6 Å². The lowest BCUT2D eigenvalue weighted by molar-refractivity contribution is -0.0939. The van der Waals surface area contributed by atoms with E-state index in [4.69, 9.17) is 23.7 Å². The highest BCUT2D eigenvalue weighted by Gasteiger charge is 2.57. The number of ether oxygens (including phenoxy) is 5. The van der Waals surface area contributed by atoms with E-state index >= 15 is 0 Å². The Morgan fingerprint density at radius 1 is 1.02 bits per heavy atom. The van der Waals surface area contributed by atoms with Crippen molar-refractivity contribution >= 4 is 11.8 Å². The lowest BCUT2D eigenvalue weighted by atomic mass is 9.71. The van der Waals surface area contributed by atoms with Crippen molar-refractivity contribution in [3.8, 4) is 45.9 Å². The number of aromatic hydroxyl groups is 1. The lowest BCUT2D eigenvalue weighted by Crippen LogP contribution is -2.68. The molecule has 0 spiro atoms. The molecular weight excluding hydrogens is 723 g/mol. The summed E-state index contributed by atoms with van der Waals surface area (Å²) in [4.78, 5) is 4.67. The zero-order valence-electron chi connectivity index (χ0n) is 32.7. The molecule has 5 aliphatic rings. The van der Waals surface area contributed by atoms with Crippen LogP contribution in [-0.4, -0.2) is 84.8 Å². The monoisotopic (exact) mass is 771 g/mol. The van der Waals surface area contributed by atoms with Crippen molar-refractivity contribution < 1.29 is 28.8 Å². The Labute approximate surface area is 333 Å². The van der Waals surface area contributed by atoms with Gasteiger partial charge in [0.25, 0.3) is 0 Å². The molecule has 6 atom stereocenters. The van der Waals surface area contributed by atoms with Crippen molar-refractivity contribution in [2.24, 2.45) is 0 Å². The smallest absolute Gasteiger partial charge is 0.231 e. The van der Waals surface area contributed by atoms with Gasteiger partial charge in [-0.1, -0.05) is 67.3 Å². The summed E-state index contributed by atoms with van der Waals surface area (Å²) in [5.41, 5.74) is 11.1. The summed E-state index contributed by atoms with van der Waals surface area (Å²) in [6, 6.07) is 21.1. The summed E-state index contributed by atoms with van der Waals surface area (Å²) in [6.45, 7) is 10.8. The van der Waals surface area contributed by atoms with Crippen molar-refractivity contribution in [3.05, 3.63) is 112 Å². The molecule has 1 aliphatic carbocycles. The van der Waals surface area contributed by atoms with Crippen molar-refractivity contribution in [2.45, 2.75) is 75.8 Å². The topological polar surface area (TPSA) is 96.7 Å². The van der Waals surface area contributed by atoms with Crippen LogP contribution in [0.1, 0.15) is 69.4 Å². The summed E-state index contributed by atoms with van der Waals surface area (Å²) in [5, 5.41) is 23.0. The first kappa shape index (κ1) is 36.9. The highest BCUT2D eigenvalue weighted by Crippen LogP contribution is 2.58. The van der Waals surface area contributed by atoms with Crippen LogP contribution in [0, 0.1) is 25.2 Å². The van der Waals surface area contributed by atoms with Gasteiger partial charge in [-0.3, -0.25) is 9.80 Å². The predicted octanol–water partition coefficient (Wildman–Crippen LogP) is 8.03. The minimum atomic E-state index is -0.454. The number of phenolic OH excluding ortho intramolecular Hbond substituents is 1. The molecule has 9 nitrogen and oxygen atoms in total.